The van der Waals surface area contributed by atoms with Crippen LogP contribution in [0.25, 0.3) is 10.9 Å². The Labute approximate surface area is 113 Å². The number of hydrogen-bond acceptors (Lipinski definition) is 2. The SMILES string of the molecule is Cc1ccc2cnn(CCCNC(=O)C(C)C)c2c1. The van der Waals surface area contributed by atoms with Crippen LogP contribution in [0.5, 0.6) is 0 Å². The molecule has 0 saturated heterocycles. The van der Waals surface area contributed by atoms with Crippen molar-refractivity contribution in [3.05, 3.63) is 30.0 Å². The van der Waals surface area contributed by atoms with E-state index in [2.05, 4.69) is 35.5 Å². The van der Waals surface area contributed by atoms with Crippen molar-refractivity contribution >= 4 is 16.8 Å². The van der Waals surface area contributed by atoms with Crippen LogP contribution in [-0.4, -0.2) is 22.2 Å². The number of rotatable bonds is 5. The minimum Gasteiger partial charge on any atom is -0.356 e. The average molecular weight is 259 g/mol. The number of carbonyl (C=O) groups excluding carboxylic acids is 1. The minimum atomic E-state index is 0.0492. The van der Waals surface area contributed by atoms with Crippen LogP contribution in [0.1, 0.15) is 25.8 Å². The van der Waals surface area contributed by atoms with Crippen molar-refractivity contribution in [2.75, 3.05) is 6.54 Å². The Morgan fingerprint density at radius 2 is 2.21 bits per heavy atom. The lowest BCUT2D eigenvalue weighted by Crippen LogP contribution is -2.29. The molecule has 0 aliphatic heterocycles. The highest BCUT2D eigenvalue weighted by Gasteiger charge is 2.06. The van der Waals surface area contributed by atoms with E-state index in [9.17, 15) is 4.79 Å². The fourth-order valence-corrected chi connectivity index (χ4v) is 2.00. The number of nitrogens with zero attached hydrogens (tertiary/aromatic N) is 2. The van der Waals surface area contributed by atoms with E-state index >= 15 is 0 Å². The largest absolute Gasteiger partial charge is 0.356 e. The zero-order chi connectivity index (χ0) is 13.8. The van der Waals surface area contributed by atoms with E-state index in [1.54, 1.807) is 0 Å². The first kappa shape index (κ1) is 13.6. The lowest BCUT2D eigenvalue weighted by molar-refractivity contribution is -0.123. The maximum atomic E-state index is 11.4. The molecule has 0 radical (unpaired) electrons. The molecule has 4 nitrogen and oxygen atoms in total. The van der Waals surface area contributed by atoms with Gasteiger partial charge in [0.15, 0.2) is 0 Å². The molecular formula is C15H21N3O. The van der Waals surface area contributed by atoms with Crippen LogP contribution < -0.4 is 5.32 Å². The highest BCUT2D eigenvalue weighted by Crippen LogP contribution is 2.15. The zero-order valence-corrected chi connectivity index (χ0v) is 11.8. The molecule has 0 fully saturated rings. The first-order valence-electron chi connectivity index (χ1n) is 6.78. The minimum absolute atomic E-state index is 0.0492. The van der Waals surface area contributed by atoms with Gasteiger partial charge in [-0.1, -0.05) is 26.0 Å². The number of aromatic nitrogens is 2. The summed E-state index contributed by atoms with van der Waals surface area (Å²) in [7, 11) is 0. The Kier molecular flexibility index (Phi) is 4.20. The summed E-state index contributed by atoms with van der Waals surface area (Å²) in [6.07, 6.45) is 2.78. The number of nitrogens with one attached hydrogen (secondary N) is 1. The topological polar surface area (TPSA) is 46.9 Å². The highest BCUT2D eigenvalue weighted by atomic mass is 16.1. The van der Waals surface area contributed by atoms with Gasteiger partial charge < -0.3 is 5.32 Å². The number of aryl methyl sites for hydroxylation is 2. The van der Waals surface area contributed by atoms with E-state index in [-0.39, 0.29) is 11.8 Å². The van der Waals surface area contributed by atoms with Gasteiger partial charge in [0, 0.05) is 24.4 Å². The molecule has 0 atom stereocenters. The van der Waals surface area contributed by atoms with Crippen LogP contribution in [0.4, 0.5) is 0 Å². The summed E-state index contributed by atoms with van der Waals surface area (Å²) in [6.45, 7) is 7.41. The van der Waals surface area contributed by atoms with Gasteiger partial charge in [-0.05, 0) is 25.0 Å². The van der Waals surface area contributed by atoms with Crippen molar-refractivity contribution in [2.45, 2.75) is 33.7 Å². The van der Waals surface area contributed by atoms with E-state index in [4.69, 9.17) is 0 Å². The molecule has 2 aromatic rings. The van der Waals surface area contributed by atoms with Crippen LogP contribution in [0.3, 0.4) is 0 Å². The van der Waals surface area contributed by atoms with E-state index < -0.39 is 0 Å². The van der Waals surface area contributed by atoms with Crippen molar-refractivity contribution in [3.8, 4) is 0 Å². The normalized spacial score (nSPS) is 11.2. The second-order valence-corrected chi connectivity index (χ2v) is 5.23. The second kappa shape index (κ2) is 5.87. The van der Waals surface area contributed by atoms with E-state index in [0.717, 1.165) is 23.9 Å². The Hall–Kier alpha value is -1.84. The predicted molar refractivity (Wildman–Crippen MR) is 76.9 cm³/mol. The van der Waals surface area contributed by atoms with Crippen LogP contribution in [-0.2, 0) is 11.3 Å². The van der Waals surface area contributed by atoms with Gasteiger partial charge in [-0.15, -0.1) is 0 Å². The van der Waals surface area contributed by atoms with E-state index in [1.807, 2.05) is 24.7 Å². The first-order valence-corrected chi connectivity index (χ1v) is 6.78. The molecule has 19 heavy (non-hydrogen) atoms. The Morgan fingerprint density at radius 1 is 1.42 bits per heavy atom. The fourth-order valence-electron chi connectivity index (χ4n) is 2.00. The molecule has 102 valence electrons. The number of carbonyl (C=O) groups is 1. The Bertz CT molecular complexity index is 572. The quantitative estimate of drug-likeness (QED) is 0.839. The molecule has 1 aromatic heterocycles. The molecule has 0 bridgehead atoms. The van der Waals surface area contributed by atoms with Crippen LogP contribution in [0.15, 0.2) is 24.4 Å². The smallest absolute Gasteiger partial charge is 0.222 e. The zero-order valence-electron chi connectivity index (χ0n) is 11.8. The third kappa shape index (κ3) is 3.34. The van der Waals surface area contributed by atoms with Gasteiger partial charge >= 0.3 is 0 Å². The Balaban J connectivity index is 1.91. The van der Waals surface area contributed by atoms with Gasteiger partial charge in [0.05, 0.1) is 11.7 Å². The Morgan fingerprint density at radius 3 is 2.95 bits per heavy atom. The monoisotopic (exact) mass is 259 g/mol. The summed E-state index contributed by atoms with van der Waals surface area (Å²) in [5, 5.41) is 8.48. The van der Waals surface area contributed by atoms with Crippen molar-refractivity contribution < 1.29 is 4.79 Å². The molecule has 1 amide bonds. The van der Waals surface area contributed by atoms with Crippen molar-refractivity contribution in [3.63, 3.8) is 0 Å². The van der Waals surface area contributed by atoms with Gasteiger partial charge in [0.2, 0.25) is 5.91 Å². The third-order valence-electron chi connectivity index (χ3n) is 3.17. The summed E-state index contributed by atoms with van der Waals surface area (Å²) < 4.78 is 2.00. The second-order valence-electron chi connectivity index (χ2n) is 5.23. The lowest BCUT2D eigenvalue weighted by atomic mass is 10.2. The van der Waals surface area contributed by atoms with Crippen LogP contribution in [0, 0.1) is 12.8 Å². The maximum Gasteiger partial charge on any atom is 0.222 e. The van der Waals surface area contributed by atoms with E-state index in [0.29, 0.717) is 6.54 Å². The van der Waals surface area contributed by atoms with E-state index in [1.165, 1.54) is 5.56 Å². The lowest BCUT2D eigenvalue weighted by Gasteiger charge is -2.08. The maximum absolute atomic E-state index is 11.4. The third-order valence-corrected chi connectivity index (χ3v) is 3.17. The average Bonchev–Trinajstić information content (AvgIpc) is 2.76. The predicted octanol–water partition coefficient (Wildman–Crippen LogP) is 2.51. The van der Waals surface area contributed by atoms with Crippen LogP contribution >= 0.6 is 0 Å². The molecule has 1 heterocycles. The van der Waals surface area contributed by atoms with Gasteiger partial charge in [-0.3, -0.25) is 9.48 Å². The van der Waals surface area contributed by atoms with Crippen molar-refractivity contribution in [1.82, 2.24) is 15.1 Å². The van der Waals surface area contributed by atoms with Crippen molar-refractivity contribution in [2.24, 2.45) is 5.92 Å². The molecule has 1 aromatic carbocycles. The van der Waals surface area contributed by atoms with Crippen LogP contribution in [0.2, 0.25) is 0 Å². The molecule has 0 aliphatic carbocycles. The highest BCUT2D eigenvalue weighted by molar-refractivity contribution is 5.79. The summed E-state index contributed by atoms with van der Waals surface area (Å²) in [4.78, 5) is 11.4. The number of fused-ring (bicyclic) bond motifs is 1. The van der Waals surface area contributed by atoms with Crippen molar-refractivity contribution in [1.29, 1.82) is 0 Å². The van der Waals surface area contributed by atoms with Gasteiger partial charge in [-0.25, -0.2) is 0 Å². The van der Waals surface area contributed by atoms with Gasteiger partial charge in [-0.2, -0.15) is 5.10 Å². The van der Waals surface area contributed by atoms with Gasteiger partial charge in [0.1, 0.15) is 0 Å². The molecule has 1 N–H and O–H groups in total. The first-order chi connectivity index (χ1) is 9.08. The fraction of sp³-hybridized carbons (Fsp3) is 0.467. The molecule has 0 aliphatic rings. The molecular weight excluding hydrogens is 238 g/mol. The number of hydrogen-bond donors (Lipinski definition) is 1. The summed E-state index contributed by atoms with van der Waals surface area (Å²) >= 11 is 0. The summed E-state index contributed by atoms with van der Waals surface area (Å²) in [5.41, 5.74) is 2.40. The summed E-state index contributed by atoms with van der Waals surface area (Å²) in [5.74, 6) is 0.161. The number of amides is 1. The van der Waals surface area contributed by atoms with Gasteiger partial charge in [0.25, 0.3) is 0 Å². The molecule has 0 saturated carbocycles. The number of benzene rings is 1. The molecule has 0 spiro atoms. The standard InChI is InChI=1S/C15H21N3O/c1-11(2)15(19)16-7-4-8-18-14-9-12(3)5-6-13(14)10-17-18/h5-6,9-11H,4,7-8H2,1-3H3,(H,16,19). The molecule has 2 rings (SSSR count). The summed E-state index contributed by atoms with van der Waals surface area (Å²) in [6, 6.07) is 6.33. The molecule has 0 unspecified atom stereocenters. The molecule has 4 heteroatoms.